The Kier molecular flexibility index (Phi) is 6.82. The number of carboxylic acids is 1. The SMILES string of the molecule is CO/N=C(\C(=O)NC1C(=O)N2C(C(=O)O)=C(OC)CS[C@H]12)c1csc(NC(=O)C(F)(F)F)n1. The van der Waals surface area contributed by atoms with Crippen LogP contribution < -0.4 is 10.6 Å². The second kappa shape index (κ2) is 9.26. The zero-order valence-electron chi connectivity index (χ0n) is 16.6. The number of halogens is 3. The molecule has 1 saturated heterocycles. The number of aliphatic carboxylic acids is 1. The number of rotatable bonds is 7. The number of anilines is 1. The van der Waals surface area contributed by atoms with E-state index in [0.717, 1.165) is 29.2 Å². The first-order valence-electron chi connectivity index (χ1n) is 8.70. The number of carbonyl (C=O) groups is 4. The van der Waals surface area contributed by atoms with Crippen LogP contribution in [0.15, 0.2) is 22.0 Å². The summed E-state index contributed by atoms with van der Waals surface area (Å²) >= 11 is 1.77. The number of ether oxygens (including phenoxy) is 1. The van der Waals surface area contributed by atoms with Gasteiger partial charge in [0.25, 0.3) is 11.8 Å². The number of nitrogens with zero attached hydrogens (tertiary/aromatic N) is 3. The number of amides is 3. The molecule has 0 aromatic carbocycles. The Morgan fingerprint density at radius 2 is 2.03 bits per heavy atom. The van der Waals surface area contributed by atoms with Crippen molar-refractivity contribution in [1.29, 1.82) is 0 Å². The number of methoxy groups -OCH3 is 1. The molecule has 3 heterocycles. The van der Waals surface area contributed by atoms with Crippen LogP contribution in [0.1, 0.15) is 5.69 Å². The van der Waals surface area contributed by atoms with Crippen LogP contribution >= 0.6 is 23.1 Å². The van der Waals surface area contributed by atoms with Gasteiger partial charge in [-0.05, 0) is 0 Å². The Morgan fingerprint density at radius 1 is 1.33 bits per heavy atom. The molecule has 3 amide bonds. The van der Waals surface area contributed by atoms with Crippen molar-refractivity contribution < 1.29 is 47.0 Å². The Hall–Kier alpha value is -3.34. The van der Waals surface area contributed by atoms with E-state index in [1.54, 1.807) is 5.32 Å². The fourth-order valence-electron chi connectivity index (χ4n) is 2.86. The standard InChI is InChI=1S/C16H14F3N5O7S2/c1-30-6-4-32-12-8(11(26)24(12)9(6)13(27)28)21-10(25)7(23-31-2)5-3-33-15(20-5)22-14(29)16(17,18)19/h3,8,12H,4H2,1-2H3,(H,21,25)(H,27,28)(H,20,22,29)/b23-7-/t8?,12-/m1/s1. The van der Waals surface area contributed by atoms with Gasteiger partial charge in [0.15, 0.2) is 16.5 Å². The number of oxime groups is 1. The van der Waals surface area contributed by atoms with Crippen LogP contribution in [0.3, 0.4) is 0 Å². The monoisotopic (exact) mass is 509 g/mol. The molecule has 0 radical (unpaired) electrons. The molecular formula is C16H14F3N5O7S2. The molecule has 3 rings (SSSR count). The number of carboxylic acid groups (broad SMARTS) is 1. The molecule has 0 aliphatic carbocycles. The van der Waals surface area contributed by atoms with E-state index in [-0.39, 0.29) is 22.9 Å². The molecule has 1 unspecified atom stereocenters. The van der Waals surface area contributed by atoms with Crippen molar-refractivity contribution in [3.05, 3.63) is 22.5 Å². The summed E-state index contributed by atoms with van der Waals surface area (Å²) in [5, 5.41) is 16.8. The normalized spacial score (nSPS) is 20.6. The van der Waals surface area contributed by atoms with Gasteiger partial charge in [0.05, 0.1) is 12.9 Å². The number of aromatic nitrogens is 1. The predicted octanol–water partition coefficient (Wildman–Crippen LogP) is 0.337. The molecular weight excluding hydrogens is 495 g/mol. The quantitative estimate of drug-likeness (QED) is 0.268. The van der Waals surface area contributed by atoms with Crippen molar-refractivity contribution in [3.63, 3.8) is 0 Å². The highest BCUT2D eigenvalue weighted by molar-refractivity contribution is 8.00. The number of thioether (sulfide) groups is 1. The van der Waals surface area contributed by atoms with Crippen LogP contribution in [0.4, 0.5) is 18.3 Å². The molecule has 2 aliphatic rings. The van der Waals surface area contributed by atoms with Gasteiger partial charge in [-0.1, -0.05) is 5.16 Å². The molecule has 0 bridgehead atoms. The average molecular weight is 509 g/mol. The second-order valence-electron chi connectivity index (χ2n) is 6.25. The van der Waals surface area contributed by atoms with Gasteiger partial charge >= 0.3 is 18.1 Å². The molecule has 12 nitrogen and oxygen atoms in total. The molecule has 1 aromatic rings. The Morgan fingerprint density at radius 3 is 2.61 bits per heavy atom. The van der Waals surface area contributed by atoms with E-state index >= 15 is 0 Å². The van der Waals surface area contributed by atoms with Crippen molar-refractivity contribution >= 4 is 57.6 Å². The van der Waals surface area contributed by atoms with Crippen LogP contribution in [-0.2, 0) is 28.8 Å². The average Bonchev–Trinajstić information content (AvgIpc) is 3.21. The summed E-state index contributed by atoms with van der Waals surface area (Å²) in [6.07, 6.45) is -5.13. The van der Waals surface area contributed by atoms with Gasteiger partial charge in [-0.2, -0.15) is 13.2 Å². The molecule has 178 valence electrons. The Bertz CT molecular complexity index is 1070. The first-order valence-corrected chi connectivity index (χ1v) is 10.6. The van der Waals surface area contributed by atoms with Crippen molar-refractivity contribution in [2.24, 2.45) is 5.16 Å². The summed E-state index contributed by atoms with van der Waals surface area (Å²) in [5.41, 5.74) is -1.02. The van der Waals surface area contributed by atoms with Crippen LogP contribution in [0.25, 0.3) is 0 Å². The molecule has 0 saturated carbocycles. The van der Waals surface area contributed by atoms with Crippen molar-refractivity contribution in [2.75, 3.05) is 25.3 Å². The first-order chi connectivity index (χ1) is 15.5. The number of alkyl halides is 3. The lowest BCUT2D eigenvalue weighted by Gasteiger charge is -2.48. The number of thiazole rings is 1. The van der Waals surface area contributed by atoms with Gasteiger partial charge in [0, 0.05) is 5.38 Å². The largest absolute Gasteiger partial charge is 0.498 e. The van der Waals surface area contributed by atoms with E-state index in [1.165, 1.54) is 7.11 Å². The minimum Gasteiger partial charge on any atom is -0.498 e. The minimum absolute atomic E-state index is 0.0967. The van der Waals surface area contributed by atoms with E-state index in [0.29, 0.717) is 11.3 Å². The van der Waals surface area contributed by atoms with Crippen molar-refractivity contribution in [1.82, 2.24) is 15.2 Å². The lowest BCUT2D eigenvalue weighted by molar-refractivity contribution is -0.167. The third-order valence-corrected chi connectivity index (χ3v) is 6.30. The summed E-state index contributed by atoms with van der Waals surface area (Å²) < 4.78 is 42.2. The van der Waals surface area contributed by atoms with Gasteiger partial charge in [-0.15, -0.1) is 23.1 Å². The molecule has 3 N–H and O–H groups in total. The fourth-order valence-corrected chi connectivity index (χ4v) is 4.86. The van der Waals surface area contributed by atoms with Gasteiger partial charge in [-0.25, -0.2) is 9.78 Å². The topological polar surface area (TPSA) is 160 Å². The lowest BCUT2D eigenvalue weighted by atomic mass is 10.0. The summed E-state index contributed by atoms with van der Waals surface area (Å²) in [6.45, 7) is 0. The van der Waals surface area contributed by atoms with E-state index in [9.17, 15) is 37.5 Å². The van der Waals surface area contributed by atoms with Crippen molar-refractivity contribution in [2.45, 2.75) is 17.6 Å². The van der Waals surface area contributed by atoms with E-state index in [1.807, 2.05) is 0 Å². The maximum Gasteiger partial charge on any atom is 0.471 e. The van der Waals surface area contributed by atoms with Crippen LogP contribution in [0.5, 0.6) is 0 Å². The highest BCUT2D eigenvalue weighted by Gasteiger charge is 2.55. The summed E-state index contributed by atoms with van der Waals surface area (Å²) in [6, 6.07) is -1.11. The zero-order valence-corrected chi connectivity index (χ0v) is 18.3. The number of hydrogen-bond donors (Lipinski definition) is 3. The number of carbonyl (C=O) groups excluding carboxylic acids is 3. The molecule has 1 fully saturated rings. The smallest absolute Gasteiger partial charge is 0.471 e. The Labute approximate surface area is 190 Å². The third kappa shape index (κ3) is 4.72. The Balaban J connectivity index is 1.75. The zero-order chi connectivity index (χ0) is 24.5. The molecule has 17 heteroatoms. The highest BCUT2D eigenvalue weighted by Crippen LogP contribution is 2.40. The van der Waals surface area contributed by atoms with E-state index in [2.05, 4.69) is 20.3 Å². The number of nitrogens with one attached hydrogen (secondary N) is 2. The molecule has 2 atom stereocenters. The molecule has 1 aromatic heterocycles. The number of fused-ring (bicyclic) bond motifs is 1. The maximum atomic E-state index is 12.7. The van der Waals surface area contributed by atoms with E-state index in [4.69, 9.17) is 4.74 Å². The summed E-state index contributed by atoms with van der Waals surface area (Å²) in [7, 11) is 2.38. The molecule has 2 aliphatic heterocycles. The lowest BCUT2D eigenvalue weighted by Crippen LogP contribution is -2.71. The highest BCUT2D eigenvalue weighted by atomic mass is 32.2. The number of β-lactam (4-membered cyclic amide) rings is 1. The summed E-state index contributed by atoms with van der Waals surface area (Å²) in [4.78, 5) is 57.2. The second-order valence-corrected chi connectivity index (χ2v) is 8.22. The summed E-state index contributed by atoms with van der Waals surface area (Å²) in [5.74, 6) is -5.03. The molecule has 0 spiro atoms. The van der Waals surface area contributed by atoms with Gasteiger partial charge < -0.3 is 20.0 Å². The first kappa shape index (κ1) is 24.3. The van der Waals surface area contributed by atoms with E-state index < -0.39 is 52.1 Å². The predicted molar refractivity (Wildman–Crippen MR) is 107 cm³/mol. The van der Waals surface area contributed by atoms with Crippen LogP contribution in [0.2, 0.25) is 0 Å². The number of hydrogen-bond acceptors (Lipinski definition) is 10. The van der Waals surface area contributed by atoms with Crippen molar-refractivity contribution in [3.8, 4) is 0 Å². The van der Waals surface area contributed by atoms with Crippen LogP contribution in [0, 0.1) is 0 Å². The minimum atomic E-state index is -5.13. The van der Waals surface area contributed by atoms with Gasteiger partial charge in [0.1, 0.15) is 30.0 Å². The maximum absolute atomic E-state index is 12.7. The van der Waals surface area contributed by atoms with Gasteiger partial charge in [0.2, 0.25) is 0 Å². The van der Waals surface area contributed by atoms with Crippen LogP contribution in [-0.4, -0.2) is 82.0 Å². The van der Waals surface area contributed by atoms with Gasteiger partial charge in [-0.3, -0.25) is 24.6 Å². The molecule has 33 heavy (non-hydrogen) atoms. The fraction of sp³-hybridized carbons (Fsp3) is 0.375. The third-order valence-electron chi connectivity index (χ3n) is 4.29.